The van der Waals surface area contributed by atoms with Gasteiger partial charge in [0.25, 0.3) is 0 Å². The largest absolute Gasteiger partial charge is 0.0654 e. The van der Waals surface area contributed by atoms with Crippen molar-refractivity contribution in [2.45, 2.75) is 59.3 Å². The third-order valence-corrected chi connectivity index (χ3v) is 2.92. The average Bonchev–Trinajstić information content (AvgIpc) is 2.10. The lowest BCUT2D eigenvalue weighted by Crippen LogP contribution is -2.10. The predicted molar refractivity (Wildman–Crippen MR) is 57.1 cm³/mol. The van der Waals surface area contributed by atoms with Crippen LogP contribution in [0.5, 0.6) is 0 Å². The minimum atomic E-state index is 0.914. The van der Waals surface area contributed by atoms with E-state index in [9.17, 15) is 0 Å². The van der Waals surface area contributed by atoms with Crippen molar-refractivity contribution in [3.05, 3.63) is 6.92 Å². The van der Waals surface area contributed by atoms with Gasteiger partial charge >= 0.3 is 0 Å². The summed E-state index contributed by atoms with van der Waals surface area (Å²) in [5.41, 5.74) is 0. The van der Waals surface area contributed by atoms with Crippen molar-refractivity contribution in [3.8, 4) is 0 Å². The second-order valence-corrected chi connectivity index (χ2v) is 3.93. The van der Waals surface area contributed by atoms with Crippen LogP contribution in [0.4, 0.5) is 0 Å². The third-order valence-electron chi connectivity index (χ3n) is 2.92. The Bertz CT molecular complexity index is 86.0. The molecule has 0 heterocycles. The summed E-state index contributed by atoms with van der Waals surface area (Å²) >= 11 is 0. The van der Waals surface area contributed by atoms with Crippen LogP contribution in [0.15, 0.2) is 0 Å². The molecule has 0 saturated carbocycles. The maximum absolute atomic E-state index is 3.94. The van der Waals surface area contributed by atoms with Gasteiger partial charge in [0, 0.05) is 0 Å². The maximum atomic E-state index is 3.94. The predicted octanol–water partition coefficient (Wildman–Crippen LogP) is 4.45. The molecule has 0 bridgehead atoms. The first-order chi connectivity index (χ1) is 5.76. The van der Waals surface area contributed by atoms with E-state index in [0.29, 0.717) is 0 Å². The van der Waals surface area contributed by atoms with Crippen molar-refractivity contribution < 1.29 is 0 Å². The molecule has 73 valence electrons. The highest BCUT2D eigenvalue weighted by molar-refractivity contribution is 4.65. The molecule has 12 heavy (non-hydrogen) atoms. The van der Waals surface area contributed by atoms with Crippen LogP contribution in [0.25, 0.3) is 0 Å². The van der Waals surface area contributed by atoms with E-state index in [2.05, 4.69) is 27.7 Å². The van der Waals surface area contributed by atoms with Gasteiger partial charge in [-0.1, -0.05) is 66.2 Å². The molecule has 0 heteroatoms. The van der Waals surface area contributed by atoms with Gasteiger partial charge in [-0.2, -0.15) is 0 Å². The molecule has 0 nitrogen and oxygen atoms in total. The lowest BCUT2D eigenvalue weighted by atomic mass is 9.84. The van der Waals surface area contributed by atoms with Gasteiger partial charge in [0.1, 0.15) is 0 Å². The molecule has 0 aliphatic rings. The molecule has 0 aliphatic carbocycles. The standard InChI is InChI=1S/C12H25/c1-5-8-10-11(4)12(7-3)9-6-2/h11-12H,2,5-10H2,1,3-4H3. The first kappa shape index (κ1) is 12.0. The Morgan fingerprint density at radius 3 is 2.25 bits per heavy atom. The second-order valence-electron chi connectivity index (χ2n) is 3.93. The van der Waals surface area contributed by atoms with Crippen molar-refractivity contribution in [3.63, 3.8) is 0 Å². The molecule has 2 unspecified atom stereocenters. The molecule has 0 amide bonds. The van der Waals surface area contributed by atoms with Gasteiger partial charge in [-0.3, -0.25) is 0 Å². The van der Waals surface area contributed by atoms with Gasteiger partial charge in [-0.05, 0) is 11.8 Å². The molecule has 0 N–H and O–H groups in total. The molecule has 0 fully saturated rings. The summed E-state index contributed by atoms with van der Waals surface area (Å²) in [5, 5.41) is 0. The Kier molecular flexibility index (Phi) is 7.64. The summed E-state index contributed by atoms with van der Waals surface area (Å²) in [6.07, 6.45) is 7.91. The van der Waals surface area contributed by atoms with Gasteiger partial charge in [0.05, 0.1) is 0 Å². The van der Waals surface area contributed by atoms with Crippen LogP contribution < -0.4 is 0 Å². The quantitative estimate of drug-likeness (QED) is 0.528. The zero-order chi connectivity index (χ0) is 9.40. The number of unbranched alkanes of at least 4 members (excludes halogenated alkanes) is 1. The van der Waals surface area contributed by atoms with Crippen LogP contribution >= 0.6 is 0 Å². The first-order valence-electron chi connectivity index (χ1n) is 5.55. The fraction of sp³-hybridized carbons (Fsp3) is 0.917. The highest BCUT2D eigenvalue weighted by atomic mass is 14.2. The monoisotopic (exact) mass is 169 g/mol. The van der Waals surface area contributed by atoms with Crippen LogP contribution in [0.3, 0.4) is 0 Å². The molecule has 1 radical (unpaired) electrons. The summed E-state index contributed by atoms with van der Waals surface area (Å²) in [6, 6.07) is 0. The molecule has 0 rings (SSSR count). The summed E-state index contributed by atoms with van der Waals surface area (Å²) in [4.78, 5) is 0. The average molecular weight is 169 g/mol. The maximum Gasteiger partial charge on any atom is -0.0391 e. The molecule has 0 aromatic carbocycles. The van der Waals surface area contributed by atoms with E-state index in [0.717, 1.165) is 18.3 Å². The summed E-state index contributed by atoms with van der Waals surface area (Å²) in [5.74, 6) is 1.84. The van der Waals surface area contributed by atoms with Crippen molar-refractivity contribution >= 4 is 0 Å². The minimum absolute atomic E-state index is 0.914. The van der Waals surface area contributed by atoms with E-state index >= 15 is 0 Å². The van der Waals surface area contributed by atoms with Crippen molar-refractivity contribution in [2.24, 2.45) is 11.8 Å². The number of rotatable bonds is 7. The van der Waals surface area contributed by atoms with Crippen LogP contribution in [0.1, 0.15) is 59.3 Å². The Hall–Kier alpha value is 0. The SMILES string of the molecule is [CH2]CCC(CC)C(C)CCCC. The van der Waals surface area contributed by atoms with Gasteiger partial charge in [0.2, 0.25) is 0 Å². The van der Waals surface area contributed by atoms with Gasteiger partial charge < -0.3 is 0 Å². The van der Waals surface area contributed by atoms with E-state index in [-0.39, 0.29) is 0 Å². The van der Waals surface area contributed by atoms with Gasteiger partial charge in [0.15, 0.2) is 0 Å². The molecule has 2 atom stereocenters. The highest BCUT2D eigenvalue weighted by Gasteiger charge is 2.13. The summed E-state index contributed by atoms with van der Waals surface area (Å²) in [7, 11) is 0. The van der Waals surface area contributed by atoms with Crippen molar-refractivity contribution in [2.75, 3.05) is 0 Å². The number of hydrogen-bond acceptors (Lipinski definition) is 0. The Balaban J connectivity index is 3.60. The fourth-order valence-corrected chi connectivity index (χ4v) is 1.92. The van der Waals surface area contributed by atoms with E-state index in [1.54, 1.807) is 0 Å². The zero-order valence-electron chi connectivity index (χ0n) is 9.10. The van der Waals surface area contributed by atoms with Crippen LogP contribution in [0.2, 0.25) is 0 Å². The Labute approximate surface area is 78.8 Å². The molecule has 0 aliphatic heterocycles. The normalized spacial score (nSPS) is 16.0. The molecule has 0 aromatic heterocycles. The molecular weight excluding hydrogens is 144 g/mol. The topological polar surface area (TPSA) is 0 Å². The second kappa shape index (κ2) is 7.64. The van der Waals surface area contributed by atoms with E-state index in [1.807, 2.05) is 0 Å². The van der Waals surface area contributed by atoms with Gasteiger partial charge in [-0.15, -0.1) is 0 Å². The summed E-state index contributed by atoms with van der Waals surface area (Å²) in [6.45, 7) is 10.9. The smallest absolute Gasteiger partial charge is 0.0391 e. The van der Waals surface area contributed by atoms with E-state index < -0.39 is 0 Å². The van der Waals surface area contributed by atoms with E-state index in [1.165, 1.54) is 32.1 Å². The molecule has 0 spiro atoms. The van der Waals surface area contributed by atoms with Crippen molar-refractivity contribution in [1.82, 2.24) is 0 Å². The molecular formula is C12H25. The minimum Gasteiger partial charge on any atom is -0.0654 e. The van der Waals surface area contributed by atoms with Crippen LogP contribution in [-0.2, 0) is 0 Å². The zero-order valence-corrected chi connectivity index (χ0v) is 9.10. The number of hydrogen-bond donors (Lipinski definition) is 0. The lowest BCUT2D eigenvalue weighted by Gasteiger charge is -2.21. The highest BCUT2D eigenvalue weighted by Crippen LogP contribution is 2.25. The van der Waals surface area contributed by atoms with Gasteiger partial charge in [-0.25, -0.2) is 0 Å². The summed E-state index contributed by atoms with van der Waals surface area (Å²) < 4.78 is 0. The lowest BCUT2D eigenvalue weighted by molar-refractivity contribution is 0.304. The van der Waals surface area contributed by atoms with Crippen LogP contribution in [-0.4, -0.2) is 0 Å². The molecule has 0 saturated heterocycles. The molecule has 0 aromatic rings. The third kappa shape index (κ3) is 4.79. The van der Waals surface area contributed by atoms with Crippen LogP contribution in [0, 0.1) is 18.8 Å². The Morgan fingerprint density at radius 1 is 1.17 bits per heavy atom. The first-order valence-corrected chi connectivity index (χ1v) is 5.55. The Morgan fingerprint density at radius 2 is 1.83 bits per heavy atom. The van der Waals surface area contributed by atoms with E-state index in [4.69, 9.17) is 0 Å². The fourth-order valence-electron chi connectivity index (χ4n) is 1.92. The van der Waals surface area contributed by atoms with Crippen molar-refractivity contribution in [1.29, 1.82) is 0 Å².